The molecule has 0 aliphatic heterocycles. The van der Waals surface area contributed by atoms with Gasteiger partial charge in [-0.2, -0.15) is 0 Å². The van der Waals surface area contributed by atoms with Crippen molar-refractivity contribution in [2.24, 2.45) is 0 Å². The molecule has 0 aliphatic rings. The van der Waals surface area contributed by atoms with Gasteiger partial charge in [0.25, 0.3) is 0 Å². The monoisotopic (exact) mass is 268 g/mol. The van der Waals surface area contributed by atoms with Crippen LogP contribution in [-0.4, -0.2) is 60.1 Å². The summed E-state index contributed by atoms with van der Waals surface area (Å²) in [6.45, 7) is 3.17. The zero-order chi connectivity index (χ0) is 13.3. The lowest BCUT2D eigenvalue weighted by Gasteiger charge is -2.12. The number of carbonyl (C=O) groups excluding carboxylic acids is 1. The standard InChI is InChI=1S/C9H20N2O5S/c1-8(9(12)16-3)17(13,14)11-5-4-10-6-7-15-2/h8,10-11H,4-7H2,1-3H3. The fourth-order valence-electron chi connectivity index (χ4n) is 0.999. The Bertz CT molecular complexity index is 317. The van der Waals surface area contributed by atoms with Gasteiger partial charge in [-0.15, -0.1) is 0 Å². The average Bonchev–Trinajstić information content (AvgIpc) is 2.31. The van der Waals surface area contributed by atoms with Gasteiger partial charge in [-0.25, -0.2) is 13.1 Å². The van der Waals surface area contributed by atoms with Crippen LogP contribution in [0.1, 0.15) is 6.92 Å². The number of methoxy groups -OCH3 is 2. The minimum atomic E-state index is -3.66. The molecule has 1 atom stereocenters. The summed E-state index contributed by atoms with van der Waals surface area (Å²) < 4.78 is 34.6. The molecule has 0 radical (unpaired) electrons. The van der Waals surface area contributed by atoms with E-state index in [-0.39, 0.29) is 6.54 Å². The lowest BCUT2D eigenvalue weighted by atomic mass is 10.5. The van der Waals surface area contributed by atoms with Crippen LogP contribution in [0.3, 0.4) is 0 Å². The van der Waals surface area contributed by atoms with Crippen molar-refractivity contribution in [1.29, 1.82) is 0 Å². The van der Waals surface area contributed by atoms with Gasteiger partial charge in [-0.1, -0.05) is 0 Å². The van der Waals surface area contributed by atoms with E-state index < -0.39 is 21.2 Å². The van der Waals surface area contributed by atoms with Crippen LogP contribution in [0.2, 0.25) is 0 Å². The summed E-state index contributed by atoms with van der Waals surface area (Å²) in [6.07, 6.45) is 0. The van der Waals surface area contributed by atoms with Crippen molar-refractivity contribution in [2.75, 3.05) is 40.5 Å². The minimum absolute atomic E-state index is 0.216. The SMILES string of the molecule is COCCNCCNS(=O)(=O)C(C)C(=O)OC. The van der Waals surface area contributed by atoms with Crippen LogP contribution < -0.4 is 10.0 Å². The van der Waals surface area contributed by atoms with Crippen LogP contribution in [0.15, 0.2) is 0 Å². The van der Waals surface area contributed by atoms with E-state index in [9.17, 15) is 13.2 Å². The molecule has 0 aromatic rings. The van der Waals surface area contributed by atoms with Gasteiger partial charge < -0.3 is 14.8 Å². The van der Waals surface area contributed by atoms with E-state index in [1.807, 2.05) is 0 Å². The third-order valence-electron chi connectivity index (χ3n) is 2.09. The number of sulfonamides is 1. The molecular weight excluding hydrogens is 248 g/mol. The first-order chi connectivity index (χ1) is 7.95. The molecule has 17 heavy (non-hydrogen) atoms. The number of nitrogens with one attached hydrogen (secondary N) is 2. The van der Waals surface area contributed by atoms with E-state index in [0.29, 0.717) is 19.7 Å². The number of hydrogen-bond donors (Lipinski definition) is 2. The van der Waals surface area contributed by atoms with Gasteiger partial charge in [0, 0.05) is 26.7 Å². The highest BCUT2D eigenvalue weighted by atomic mass is 32.2. The zero-order valence-electron chi connectivity index (χ0n) is 10.4. The van der Waals surface area contributed by atoms with Crippen LogP contribution in [0.5, 0.6) is 0 Å². The van der Waals surface area contributed by atoms with E-state index >= 15 is 0 Å². The van der Waals surface area contributed by atoms with Gasteiger partial charge in [-0.3, -0.25) is 4.79 Å². The quantitative estimate of drug-likeness (QED) is 0.399. The molecule has 0 saturated carbocycles. The summed E-state index contributed by atoms with van der Waals surface area (Å²) in [6, 6.07) is 0. The maximum Gasteiger partial charge on any atom is 0.325 e. The molecule has 0 aliphatic carbocycles. The normalized spacial score (nSPS) is 13.4. The zero-order valence-corrected chi connectivity index (χ0v) is 11.2. The lowest BCUT2D eigenvalue weighted by molar-refractivity contribution is -0.139. The van der Waals surface area contributed by atoms with Crippen molar-refractivity contribution in [3.8, 4) is 0 Å². The third kappa shape index (κ3) is 6.57. The van der Waals surface area contributed by atoms with Crippen LogP contribution in [-0.2, 0) is 24.3 Å². The van der Waals surface area contributed by atoms with Gasteiger partial charge in [0.05, 0.1) is 13.7 Å². The van der Waals surface area contributed by atoms with E-state index in [0.717, 1.165) is 7.11 Å². The average molecular weight is 268 g/mol. The van der Waals surface area contributed by atoms with Gasteiger partial charge in [0.1, 0.15) is 0 Å². The Morgan fingerprint density at radius 3 is 2.41 bits per heavy atom. The predicted octanol–water partition coefficient (Wildman–Crippen LogP) is -1.30. The van der Waals surface area contributed by atoms with E-state index in [1.54, 1.807) is 7.11 Å². The Morgan fingerprint density at radius 1 is 1.24 bits per heavy atom. The third-order valence-corrected chi connectivity index (χ3v) is 3.82. The first kappa shape index (κ1) is 16.3. The molecule has 8 heteroatoms. The van der Waals surface area contributed by atoms with Crippen molar-refractivity contribution in [3.63, 3.8) is 0 Å². The maximum absolute atomic E-state index is 11.6. The maximum atomic E-state index is 11.6. The Kier molecular flexibility index (Phi) is 8.05. The Morgan fingerprint density at radius 2 is 1.88 bits per heavy atom. The van der Waals surface area contributed by atoms with Crippen LogP contribution in [0.25, 0.3) is 0 Å². The van der Waals surface area contributed by atoms with Crippen molar-refractivity contribution in [1.82, 2.24) is 10.0 Å². The number of esters is 1. The van der Waals surface area contributed by atoms with Gasteiger partial charge in [0.2, 0.25) is 10.0 Å². The van der Waals surface area contributed by atoms with Gasteiger partial charge >= 0.3 is 5.97 Å². The molecule has 0 amide bonds. The van der Waals surface area contributed by atoms with Crippen LogP contribution in [0, 0.1) is 0 Å². The van der Waals surface area contributed by atoms with Gasteiger partial charge in [-0.05, 0) is 6.92 Å². The largest absolute Gasteiger partial charge is 0.468 e. The Balaban J connectivity index is 3.90. The Hall–Kier alpha value is -0.700. The van der Waals surface area contributed by atoms with Crippen molar-refractivity contribution < 1.29 is 22.7 Å². The van der Waals surface area contributed by atoms with E-state index in [4.69, 9.17) is 4.74 Å². The van der Waals surface area contributed by atoms with Crippen LogP contribution in [0.4, 0.5) is 0 Å². The molecule has 0 aromatic carbocycles. The first-order valence-electron chi connectivity index (χ1n) is 5.21. The second kappa shape index (κ2) is 8.40. The first-order valence-corrected chi connectivity index (χ1v) is 6.76. The molecule has 102 valence electrons. The predicted molar refractivity (Wildman–Crippen MR) is 63.1 cm³/mol. The molecule has 0 spiro atoms. The highest BCUT2D eigenvalue weighted by molar-refractivity contribution is 7.90. The second-order valence-electron chi connectivity index (χ2n) is 3.35. The number of ether oxygens (including phenoxy) is 2. The van der Waals surface area contributed by atoms with Crippen LogP contribution >= 0.6 is 0 Å². The summed E-state index contributed by atoms with van der Waals surface area (Å²) in [7, 11) is -0.921. The van der Waals surface area contributed by atoms with Crippen molar-refractivity contribution >= 4 is 16.0 Å². The van der Waals surface area contributed by atoms with Gasteiger partial charge in [0.15, 0.2) is 5.25 Å². The summed E-state index contributed by atoms with van der Waals surface area (Å²) >= 11 is 0. The molecule has 0 rings (SSSR count). The number of carbonyl (C=O) groups is 1. The summed E-state index contributed by atoms with van der Waals surface area (Å²) in [5.41, 5.74) is 0. The molecule has 7 nitrogen and oxygen atoms in total. The van der Waals surface area contributed by atoms with E-state index in [2.05, 4.69) is 14.8 Å². The molecule has 1 unspecified atom stereocenters. The summed E-state index contributed by atoms with van der Waals surface area (Å²) in [5.74, 6) is -0.773. The van der Waals surface area contributed by atoms with Crippen molar-refractivity contribution in [3.05, 3.63) is 0 Å². The smallest absolute Gasteiger partial charge is 0.325 e. The van der Waals surface area contributed by atoms with E-state index in [1.165, 1.54) is 6.92 Å². The topological polar surface area (TPSA) is 93.7 Å². The lowest BCUT2D eigenvalue weighted by Crippen LogP contribution is -2.41. The highest BCUT2D eigenvalue weighted by Gasteiger charge is 2.27. The minimum Gasteiger partial charge on any atom is -0.468 e. The Labute approximate surface area is 102 Å². The molecule has 0 fully saturated rings. The highest BCUT2D eigenvalue weighted by Crippen LogP contribution is 1.99. The number of rotatable bonds is 9. The molecular formula is C9H20N2O5S. The molecule has 0 aromatic heterocycles. The molecule has 0 bridgehead atoms. The van der Waals surface area contributed by atoms with Crippen molar-refractivity contribution in [2.45, 2.75) is 12.2 Å². The summed E-state index contributed by atoms with van der Waals surface area (Å²) in [4.78, 5) is 11.1. The molecule has 0 saturated heterocycles. The number of hydrogen-bond acceptors (Lipinski definition) is 6. The fourth-order valence-corrected chi connectivity index (χ4v) is 1.98. The molecule has 2 N–H and O–H groups in total. The summed E-state index contributed by atoms with van der Waals surface area (Å²) in [5, 5.41) is 1.77. The fraction of sp³-hybridized carbons (Fsp3) is 0.889. The second-order valence-corrected chi connectivity index (χ2v) is 5.43. The molecule has 0 heterocycles.